The minimum atomic E-state index is -0.227. The summed E-state index contributed by atoms with van der Waals surface area (Å²) in [6.45, 7) is 3.99. The van der Waals surface area contributed by atoms with Crippen LogP contribution in [-0.2, 0) is 7.05 Å². The fourth-order valence-corrected chi connectivity index (χ4v) is 2.45. The van der Waals surface area contributed by atoms with Crippen LogP contribution in [0.4, 0.5) is 5.69 Å². The maximum atomic E-state index is 12.6. The second-order valence-corrected chi connectivity index (χ2v) is 5.78. The van der Waals surface area contributed by atoms with Crippen LogP contribution >= 0.6 is 0 Å². The average Bonchev–Trinajstić information content (AvgIpc) is 3.01. The summed E-state index contributed by atoms with van der Waals surface area (Å²) in [6, 6.07) is 7.48. The van der Waals surface area contributed by atoms with E-state index < -0.39 is 0 Å². The van der Waals surface area contributed by atoms with Gasteiger partial charge in [-0.05, 0) is 18.1 Å². The molecule has 2 aromatic heterocycles. The summed E-state index contributed by atoms with van der Waals surface area (Å²) in [7, 11) is 1.87. The van der Waals surface area contributed by atoms with Crippen LogP contribution in [0.1, 0.15) is 35.8 Å². The van der Waals surface area contributed by atoms with Gasteiger partial charge in [-0.15, -0.1) is 10.2 Å². The van der Waals surface area contributed by atoms with E-state index in [1.54, 1.807) is 12.5 Å². The van der Waals surface area contributed by atoms with Crippen molar-refractivity contribution in [3.8, 4) is 11.4 Å². The molecular formula is C17H18N6O. The molecule has 0 bridgehead atoms. The molecule has 0 atom stereocenters. The first kappa shape index (κ1) is 15.8. The molecule has 0 radical (unpaired) electrons. The van der Waals surface area contributed by atoms with Crippen molar-refractivity contribution in [3.63, 3.8) is 0 Å². The maximum Gasteiger partial charge on any atom is 0.259 e. The third-order valence-corrected chi connectivity index (χ3v) is 3.62. The van der Waals surface area contributed by atoms with Crippen molar-refractivity contribution in [2.45, 2.75) is 19.8 Å². The van der Waals surface area contributed by atoms with Crippen LogP contribution < -0.4 is 5.32 Å². The van der Waals surface area contributed by atoms with Gasteiger partial charge < -0.3 is 9.88 Å². The maximum absolute atomic E-state index is 12.6. The van der Waals surface area contributed by atoms with E-state index in [2.05, 4.69) is 25.5 Å². The number of benzene rings is 1. The van der Waals surface area contributed by atoms with E-state index in [4.69, 9.17) is 0 Å². The van der Waals surface area contributed by atoms with Gasteiger partial charge in [0.15, 0.2) is 5.82 Å². The largest absolute Gasteiger partial charge is 0.322 e. The van der Waals surface area contributed by atoms with Gasteiger partial charge in [0.2, 0.25) is 0 Å². The lowest BCUT2D eigenvalue weighted by atomic mass is 10.0. The Labute approximate surface area is 139 Å². The van der Waals surface area contributed by atoms with Crippen molar-refractivity contribution in [2.24, 2.45) is 7.05 Å². The van der Waals surface area contributed by atoms with E-state index in [0.29, 0.717) is 11.3 Å². The molecule has 1 aromatic carbocycles. The summed E-state index contributed by atoms with van der Waals surface area (Å²) in [4.78, 5) is 20.8. The smallest absolute Gasteiger partial charge is 0.259 e. The number of rotatable bonds is 4. The average molecular weight is 322 g/mol. The zero-order chi connectivity index (χ0) is 17.1. The van der Waals surface area contributed by atoms with E-state index in [9.17, 15) is 4.79 Å². The van der Waals surface area contributed by atoms with Crippen LogP contribution in [-0.4, -0.2) is 30.6 Å². The Morgan fingerprint density at radius 3 is 2.83 bits per heavy atom. The lowest BCUT2D eigenvalue weighted by molar-refractivity contribution is 0.102. The Balaban J connectivity index is 1.87. The highest BCUT2D eigenvalue weighted by molar-refractivity contribution is 6.05. The fraction of sp³-hybridized carbons (Fsp3) is 0.235. The van der Waals surface area contributed by atoms with E-state index in [1.807, 2.05) is 49.7 Å². The zero-order valence-electron chi connectivity index (χ0n) is 13.8. The van der Waals surface area contributed by atoms with Gasteiger partial charge in [-0.2, -0.15) is 0 Å². The van der Waals surface area contributed by atoms with Crippen LogP contribution in [0.2, 0.25) is 0 Å². The molecule has 0 aliphatic rings. The molecule has 7 heteroatoms. The molecule has 122 valence electrons. The Bertz CT molecular complexity index is 871. The molecule has 3 rings (SSSR count). The summed E-state index contributed by atoms with van der Waals surface area (Å²) < 4.78 is 1.82. The van der Waals surface area contributed by atoms with Crippen molar-refractivity contribution in [1.29, 1.82) is 0 Å². The predicted octanol–water partition coefficient (Wildman–Crippen LogP) is 2.65. The Morgan fingerprint density at radius 2 is 2.12 bits per heavy atom. The number of amides is 1. The molecule has 1 N–H and O–H groups in total. The van der Waals surface area contributed by atoms with Gasteiger partial charge in [-0.1, -0.05) is 26.0 Å². The molecule has 0 saturated heterocycles. The normalized spacial score (nSPS) is 10.8. The number of hydrogen-bond donors (Lipinski definition) is 1. The lowest BCUT2D eigenvalue weighted by Gasteiger charge is -2.11. The van der Waals surface area contributed by atoms with Crippen LogP contribution in [0.25, 0.3) is 11.4 Å². The number of aromatic nitrogens is 5. The van der Waals surface area contributed by atoms with Crippen molar-refractivity contribution < 1.29 is 4.79 Å². The molecule has 1 amide bonds. The van der Waals surface area contributed by atoms with Gasteiger partial charge in [0, 0.05) is 24.5 Å². The number of anilines is 1. The Morgan fingerprint density at radius 1 is 1.29 bits per heavy atom. The fourth-order valence-electron chi connectivity index (χ4n) is 2.45. The highest BCUT2D eigenvalue weighted by Crippen LogP contribution is 2.22. The van der Waals surface area contributed by atoms with Crippen molar-refractivity contribution in [1.82, 2.24) is 24.7 Å². The van der Waals surface area contributed by atoms with E-state index in [1.165, 1.54) is 6.33 Å². The summed E-state index contributed by atoms with van der Waals surface area (Å²) >= 11 is 0. The van der Waals surface area contributed by atoms with Crippen molar-refractivity contribution in [3.05, 3.63) is 54.4 Å². The molecule has 0 fully saturated rings. The summed E-state index contributed by atoms with van der Waals surface area (Å²) in [5.41, 5.74) is 2.77. The number of aryl methyl sites for hydroxylation is 1. The molecule has 0 spiro atoms. The molecular weight excluding hydrogens is 304 g/mol. The number of hydrogen-bond acceptors (Lipinski definition) is 5. The summed E-state index contributed by atoms with van der Waals surface area (Å²) in [5.74, 6) is 0.644. The third-order valence-electron chi connectivity index (χ3n) is 3.62. The van der Waals surface area contributed by atoms with Crippen molar-refractivity contribution >= 4 is 11.6 Å². The van der Waals surface area contributed by atoms with Crippen LogP contribution in [0, 0.1) is 0 Å². The molecule has 2 heterocycles. The second-order valence-electron chi connectivity index (χ2n) is 5.78. The van der Waals surface area contributed by atoms with Gasteiger partial charge in [0.05, 0.1) is 11.3 Å². The molecule has 24 heavy (non-hydrogen) atoms. The predicted molar refractivity (Wildman–Crippen MR) is 90.5 cm³/mol. The van der Waals surface area contributed by atoms with E-state index in [0.717, 1.165) is 17.1 Å². The van der Waals surface area contributed by atoms with Crippen LogP contribution in [0.3, 0.4) is 0 Å². The number of nitrogens with zero attached hydrogens (tertiary/aromatic N) is 5. The highest BCUT2D eigenvalue weighted by atomic mass is 16.1. The standard InChI is InChI=1S/C17H18N6O/c1-11(2)15-14(8-18-9-19-15)17(24)21-13-6-4-5-12(7-13)16-22-20-10-23(16)3/h4-11H,1-3H3,(H,21,24). The number of nitrogens with one attached hydrogen (secondary N) is 1. The van der Waals surface area contributed by atoms with Crippen molar-refractivity contribution in [2.75, 3.05) is 5.32 Å². The SMILES string of the molecule is CC(C)c1ncncc1C(=O)Nc1cccc(-c2nncn2C)c1. The first-order chi connectivity index (χ1) is 11.6. The first-order valence-electron chi connectivity index (χ1n) is 7.62. The first-order valence-corrected chi connectivity index (χ1v) is 7.62. The van der Waals surface area contributed by atoms with Gasteiger partial charge >= 0.3 is 0 Å². The number of carbonyl (C=O) groups is 1. The molecule has 7 nitrogen and oxygen atoms in total. The lowest BCUT2D eigenvalue weighted by Crippen LogP contribution is -2.16. The third kappa shape index (κ3) is 3.15. The van der Waals surface area contributed by atoms with E-state index in [-0.39, 0.29) is 11.8 Å². The van der Waals surface area contributed by atoms with Gasteiger partial charge in [0.1, 0.15) is 12.7 Å². The Kier molecular flexibility index (Phi) is 4.33. The van der Waals surface area contributed by atoms with Crippen LogP contribution in [0.5, 0.6) is 0 Å². The summed E-state index contributed by atoms with van der Waals surface area (Å²) in [6.07, 6.45) is 4.64. The molecule has 0 unspecified atom stereocenters. The minimum absolute atomic E-state index is 0.138. The highest BCUT2D eigenvalue weighted by Gasteiger charge is 2.16. The Hall–Kier alpha value is -3.09. The van der Waals surface area contributed by atoms with E-state index >= 15 is 0 Å². The van der Waals surface area contributed by atoms with Gasteiger partial charge in [-0.3, -0.25) is 4.79 Å². The molecule has 0 aliphatic heterocycles. The molecule has 3 aromatic rings. The zero-order valence-corrected chi connectivity index (χ0v) is 13.8. The summed E-state index contributed by atoms with van der Waals surface area (Å²) in [5, 5.41) is 10.9. The molecule has 0 aliphatic carbocycles. The number of carbonyl (C=O) groups excluding carboxylic acids is 1. The van der Waals surface area contributed by atoms with Gasteiger partial charge in [-0.25, -0.2) is 9.97 Å². The topological polar surface area (TPSA) is 85.6 Å². The van der Waals surface area contributed by atoms with Gasteiger partial charge in [0.25, 0.3) is 5.91 Å². The molecule has 0 saturated carbocycles. The van der Waals surface area contributed by atoms with Crippen LogP contribution in [0.15, 0.2) is 43.1 Å². The second kappa shape index (κ2) is 6.57. The minimum Gasteiger partial charge on any atom is -0.322 e. The monoisotopic (exact) mass is 322 g/mol. The quantitative estimate of drug-likeness (QED) is 0.798.